The fourth-order valence-corrected chi connectivity index (χ4v) is 3.98. The number of carbonyl (C=O) groups is 1. The summed E-state index contributed by atoms with van der Waals surface area (Å²) in [5.74, 6) is 0.608. The van der Waals surface area contributed by atoms with Gasteiger partial charge in [-0.15, -0.1) is 0 Å². The van der Waals surface area contributed by atoms with Crippen molar-refractivity contribution in [1.29, 1.82) is 5.26 Å². The number of nitrogens with zero attached hydrogens (tertiary/aromatic N) is 1. The average Bonchev–Trinajstić information content (AvgIpc) is 2.75. The van der Waals surface area contributed by atoms with Crippen molar-refractivity contribution in [1.82, 2.24) is 0 Å². The zero-order chi connectivity index (χ0) is 23.3. The van der Waals surface area contributed by atoms with E-state index in [1.807, 2.05) is 6.07 Å². The Kier molecular flexibility index (Phi) is 6.88. The molecule has 10 heteroatoms. The highest BCUT2D eigenvalue weighted by Crippen LogP contribution is 2.35. The number of benzene rings is 3. The van der Waals surface area contributed by atoms with Gasteiger partial charge >= 0.3 is 0 Å². The number of nitrogens with one attached hydrogen (secondary N) is 2. The van der Waals surface area contributed by atoms with Crippen molar-refractivity contribution in [3.05, 3.63) is 71.2 Å². The normalized spacial score (nSPS) is 10.7. The van der Waals surface area contributed by atoms with Crippen LogP contribution in [0.3, 0.4) is 0 Å². The third-order valence-electron chi connectivity index (χ3n) is 4.18. The van der Waals surface area contributed by atoms with E-state index >= 15 is 0 Å². The molecule has 8 nitrogen and oxygen atoms in total. The van der Waals surface area contributed by atoms with E-state index in [1.165, 1.54) is 44.4 Å². The van der Waals surface area contributed by atoms with E-state index < -0.39 is 10.0 Å². The first-order valence-corrected chi connectivity index (χ1v) is 11.0. The van der Waals surface area contributed by atoms with Crippen LogP contribution in [0.4, 0.5) is 11.4 Å². The van der Waals surface area contributed by atoms with Gasteiger partial charge in [0.25, 0.3) is 10.0 Å². The molecule has 0 aliphatic rings. The van der Waals surface area contributed by atoms with Crippen LogP contribution < -0.4 is 19.5 Å². The summed E-state index contributed by atoms with van der Waals surface area (Å²) in [6.07, 6.45) is 0. The second-order valence-corrected chi connectivity index (χ2v) is 8.65. The zero-order valence-corrected chi connectivity index (χ0v) is 18.6. The molecule has 0 atom stereocenters. The number of hydrogen-bond acceptors (Lipinski definition) is 6. The molecule has 0 spiro atoms. The zero-order valence-electron chi connectivity index (χ0n) is 17.0. The van der Waals surface area contributed by atoms with E-state index in [4.69, 9.17) is 21.1 Å². The summed E-state index contributed by atoms with van der Waals surface area (Å²) in [6, 6.07) is 16.8. The number of hydrogen-bond donors (Lipinski definition) is 2. The number of ether oxygens (including phenoxy) is 2. The number of methoxy groups -OCH3 is 1. The molecule has 0 bridgehead atoms. The summed E-state index contributed by atoms with van der Waals surface area (Å²) < 4.78 is 39.0. The molecule has 32 heavy (non-hydrogen) atoms. The minimum absolute atomic E-state index is 0.0193. The van der Waals surface area contributed by atoms with Gasteiger partial charge in [-0.05, 0) is 54.6 Å². The van der Waals surface area contributed by atoms with Crippen LogP contribution in [0.1, 0.15) is 12.5 Å². The maximum atomic E-state index is 12.8. The van der Waals surface area contributed by atoms with Crippen LogP contribution in [0.5, 0.6) is 17.2 Å². The second kappa shape index (κ2) is 9.60. The molecule has 0 saturated heterocycles. The number of nitriles is 1. The van der Waals surface area contributed by atoms with Crippen molar-refractivity contribution in [2.75, 3.05) is 17.1 Å². The monoisotopic (exact) mass is 471 g/mol. The molecule has 0 aromatic heterocycles. The Labute approximate surface area is 190 Å². The SMILES string of the molecule is COc1cc(Cl)ccc1Oc1ccc(S(=O)(=O)Nc2ccc(NC(C)=O)cc2)cc1C#N. The molecular weight excluding hydrogens is 454 g/mol. The smallest absolute Gasteiger partial charge is 0.261 e. The second-order valence-electron chi connectivity index (χ2n) is 6.53. The summed E-state index contributed by atoms with van der Waals surface area (Å²) in [6.45, 7) is 1.37. The lowest BCUT2D eigenvalue weighted by molar-refractivity contribution is -0.114. The number of anilines is 2. The van der Waals surface area contributed by atoms with Gasteiger partial charge in [0.15, 0.2) is 11.5 Å². The van der Waals surface area contributed by atoms with Gasteiger partial charge in [-0.3, -0.25) is 9.52 Å². The van der Waals surface area contributed by atoms with Crippen LogP contribution in [-0.4, -0.2) is 21.4 Å². The fourth-order valence-electron chi connectivity index (χ4n) is 2.74. The topological polar surface area (TPSA) is 118 Å². The van der Waals surface area contributed by atoms with Gasteiger partial charge in [0.1, 0.15) is 11.8 Å². The van der Waals surface area contributed by atoms with Gasteiger partial charge in [-0.25, -0.2) is 8.42 Å². The maximum absolute atomic E-state index is 12.8. The molecule has 2 N–H and O–H groups in total. The van der Waals surface area contributed by atoms with Gasteiger partial charge in [-0.1, -0.05) is 11.6 Å². The van der Waals surface area contributed by atoms with E-state index in [1.54, 1.807) is 30.3 Å². The molecule has 0 aliphatic heterocycles. The van der Waals surface area contributed by atoms with E-state index in [0.717, 1.165) is 0 Å². The van der Waals surface area contributed by atoms with Crippen LogP contribution in [0.25, 0.3) is 0 Å². The number of sulfonamides is 1. The lowest BCUT2D eigenvalue weighted by Crippen LogP contribution is -2.13. The third-order valence-corrected chi connectivity index (χ3v) is 5.80. The first kappa shape index (κ1) is 22.9. The summed E-state index contributed by atoms with van der Waals surface area (Å²) in [4.78, 5) is 11.0. The first-order chi connectivity index (χ1) is 15.2. The van der Waals surface area contributed by atoms with Crippen LogP contribution in [0.15, 0.2) is 65.6 Å². The highest BCUT2D eigenvalue weighted by Gasteiger charge is 2.18. The molecule has 0 heterocycles. The average molecular weight is 472 g/mol. The lowest BCUT2D eigenvalue weighted by Gasteiger charge is -2.13. The van der Waals surface area contributed by atoms with Crippen molar-refractivity contribution in [2.45, 2.75) is 11.8 Å². The quantitative estimate of drug-likeness (QED) is 0.512. The maximum Gasteiger partial charge on any atom is 0.261 e. The Hall–Kier alpha value is -3.74. The van der Waals surface area contributed by atoms with Gasteiger partial charge in [0, 0.05) is 29.4 Å². The highest BCUT2D eigenvalue weighted by atomic mass is 35.5. The van der Waals surface area contributed by atoms with Crippen molar-refractivity contribution in [2.24, 2.45) is 0 Å². The third kappa shape index (κ3) is 5.49. The van der Waals surface area contributed by atoms with Gasteiger partial charge in [-0.2, -0.15) is 5.26 Å². The van der Waals surface area contributed by atoms with Crippen molar-refractivity contribution >= 4 is 38.9 Å². The Morgan fingerprint density at radius 2 is 1.62 bits per heavy atom. The molecule has 0 unspecified atom stereocenters. The molecular formula is C22H18ClN3O5S. The Morgan fingerprint density at radius 3 is 2.25 bits per heavy atom. The number of halogens is 1. The molecule has 1 amide bonds. The summed E-state index contributed by atoms with van der Waals surface area (Å²) in [5.41, 5.74) is 0.848. The summed E-state index contributed by atoms with van der Waals surface area (Å²) in [7, 11) is -2.52. The highest BCUT2D eigenvalue weighted by molar-refractivity contribution is 7.92. The molecule has 3 rings (SSSR count). The van der Waals surface area contributed by atoms with Gasteiger partial charge in [0.05, 0.1) is 17.6 Å². The summed E-state index contributed by atoms with van der Waals surface area (Å²) >= 11 is 5.95. The van der Waals surface area contributed by atoms with E-state index in [2.05, 4.69) is 10.0 Å². The number of carbonyl (C=O) groups excluding carboxylic acids is 1. The van der Waals surface area contributed by atoms with Crippen molar-refractivity contribution in [3.8, 4) is 23.3 Å². The first-order valence-electron chi connectivity index (χ1n) is 9.18. The van der Waals surface area contributed by atoms with Crippen LogP contribution in [0, 0.1) is 11.3 Å². The van der Waals surface area contributed by atoms with E-state index in [0.29, 0.717) is 27.9 Å². The summed E-state index contributed by atoms with van der Waals surface area (Å²) in [5, 5.41) is 12.6. The number of amides is 1. The van der Waals surface area contributed by atoms with Crippen molar-refractivity contribution < 1.29 is 22.7 Å². The lowest BCUT2D eigenvalue weighted by atomic mass is 10.2. The van der Waals surface area contributed by atoms with Gasteiger partial charge in [0.2, 0.25) is 5.91 Å². The molecule has 164 valence electrons. The minimum atomic E-state index is -3.98. The Morgan fingerprint density at radius 1 is 0.969 bits per heavy atom. The molecule has 0 radical (unpaired) electrons. The van der Waals surface area contributed by atoms with Crippen LogP contribution in [-0.2, 0) is 14.8 Å². The molecule has 0 saturated carbocycles. The predicted molar refractivity (Wildman–Crippen MR) is 121 cm³/mol. The number of rotatable bonds is 7. The Balaban J connectivity index is 1.84. The minimum Gasteiger partial charge on any atom is -0.493 e. The van der Waals surface area contributed by atoms with Crippen LogP contribution >= 0.6 is 11.6 Å². The van der Waals surface area contributed by atoms with E-state index in [-0.39, 0.29) is 22.1 Å². The fraction of sp³-hybridized carbons (Fsp3) is 0.0909. The molecule has 3 aromatic rings. The Bertz CT molecular complexity index is 1300. The van der Waals surface area contributed by atoms with Crippen LogP contribution in [0.2, 0.25) is 5.02 Å². The standard InChI is InChI=1S/C22H18ClN3O5S/c1-14(27)25-17-4-6-18(7-5-17)26-32(28,29)19-8-10-20(15(11-19)13-24)31-21-9-3-16(23)12-22(21)30-2/h3-12,26H,1-2H3,(H,25,27). The van der Waals surface area contributed by atoms with Crippen molar-refractivity contribution in [3.63, 3.8) is 0 Å². The predicted octanol–water partition coefficient (Wildman–Crippen LogP) is 4.77. The largest absolute Gasteiger partial charge is 0.493 e. The molecule has 0 aliphatic carbocycles. The van der Waals surface area contributed by atoms with E-state index in [9.17, 15) is 18.5 Å². The molecule has 0 fully saturated rings. The molecule has 3 aromatic carbocycles. The van der Waals surface area contributed by atoms with Gasteiger partial charge < -0.3 is 14.8 Å².